The van der Waals surface area contributed by atoms with Crippen molar-refractivity contribution in [1.29, 1.82) is 0 Å². The molecular weight excluding hydrogens is 446 g/mol. The van der Waals surface area contributed by atoms with Gasteiger partial charge in [-0.1, -0.05) is 42.5 Å². The van der Waals surface area contributed by atoms with E-state index in [0.717, 1.165) is 22.1 Å². The van der Waals surface area contributed by atoms with Gasteiger partial charge in [0.1, 0.15) is 5.75 Å². The van der Waals surface area contributed by atoms with Crippen molar-refractivity contribution in [3.05, 3.63) is 84.9 Å². The number of esters is 1. The SMILES string of the molecule is C=CCNC(=O)NC(=O)COC(=O)c1cc(-c2ccc3cc(OC)ccc3c2)nc2ccccc12. The van der Waals surface area contributed by atoms with Crippen LogP contribution in [0.5, 0.6) is 5.75 Å². The molecule has 0 saturated heterocycles. The van der Waals surface area contributed by atoms with Gasteiger partial charge >= 0.3 is 12.0 Å². The highest BCUT2D eigenvalue weighted by Crippen LogP contribution is 2.29. The fraction of sp³-hybridized carbons (Fsp3) is 0.111. The van der Waals surface area contributed by atoms with Crippen LogP contribution >= 0.6 is 0 Å². The van der Waals surface area contributed by atoms with Crippen molar-refractivity contribution in [2.75, 3.05) is 20.3 Å². The number of pyridine rings is 1. The Morgan fingerprint density at radius 2 is 1.77 bits per heavy atom. The molecule has 0 aliphatic rings. The minimum Gasteiger partial charge on any atom is -0.497 e. The first-order valence-electron chi connectivity index (χ1n) is 10.8. The zero-order chi connectivity index (χ0) is 24.8. The molecule has 0 aliphatic heterocycles. The van der Waals surface area contributed by atoms with Crippen molar-refractivity contribution in [3.63, 3.8) is 0 Å². The zero-order valence-electron chi connectivity index (χ0n) is 19.0. The van der Waals surface area contributed by atoms with Gasteiger partial charge in [-0.3, -0.25) is 10.1 Å². The number of methoxy groups -OCH3 is 1. The average Bonchev–Trinajstić information content (AvgIpc) is 2.89. The van der Waals surface area contributed by atoms with Gasteiger partial charge in [0.2, 0.25) is 0 Å². The van der Waals surface area contributed by atoms with Crippen molar-refractivity contribution < 1.29 is 23.9 Å². The molecule has 4 aromatic rings. The Labute approximate surface area is 201 Å². The van der Waals surface area contributed by atoms with Crippen LogP contribution in [0.25, 0.3) is 32.9 Å². The second-order valence-electron chi connectivity index (χ2n) is 7.62. The van der Waals surface area contributed by atoms with Crippen molar-refractivity contribution >= 4 is 39.6 Å². The van der Waals surface area contributed by atoms with Crippen LogP contribution in [-0.4, -0.2) is 43.2 Å². The normalized spacial score (nSPS) is 10.5. The highest BCUT2D eigenvalue weighted by Gasteiger charge is 2.17. The number of ether oxygens (including phenoxy) is 2. The predicted molar refractivity (Wildman–Crippen MR) is 133 cm³/mol. The smallest absolute Gasteiger partial charge is 0.339 e. The lowest BCUT2D eigenvalue weighted by Crippen LogP contribution is -2.41. The first-order valence-corrected chi connectivity index (χ1v) is 10.8. The van der Waals surface area contributed by atoms with Crippen molar-refractivity contribution in [2.45, 2.75) is 0 Å². The topological polar surface area (TPSA) is 107 Å². The number of nitrogens with zero attached hydrogens (tertiary/aromatic N) is 1. The molecule has 0 fully saturated rings. The molecule has 1 aromatic heterocycles. The Bertz CT molecular complexity index is 1450. The Morgan fingerprint density at radius 1 is 1.00 bits per heavy atom. The molecule has 3 aromatic carbocycles. The largest absolute Gasteiger partial charge is 0.497 e. The zero-order valence-corrected chi connectivity index (χ0v) is 19.0. The Balaban J connectivity index is 1.61. The van der Waals surface area contributed by atoms with Gasteiger partial charge in [0.05, 0.1) is 23.9 Å². The second kappa shape index (κ2) is 10.5. The molecule has 2 N–H and O–H groups in total. The molecule has 176 valence electrons. The van der Waals surface area contributed by atoms with E-state index in [2.05, 4.69) is 17.2 Å². The number of carbonyl (C=O) groups is 3. The molecule has 0 radical (unpaired) electrons. The van der Waals surface area contributed by atoms with E-state index in [1.165, 1.54) is 6.08 Å². The molecule has 1 heterocycles. The fourth-order valence-electron chi connectivity index (χ4n) is 3.58. The van der Waals surface area contributed by atoms with Crippen molar-refractivity contribution in [3.8, 4) is 17.0 Å². The van der Waals surface area contributed by atoms with Crippen LogP contribution in [0.4, 0.5) is 4.79 Å². The number of hydrogen-bond donors (Lipinski definition) is 2. The van der Waals surface area contributed by atoms with Crippen LogP contribution in [0, 0.1) is 0 Å². The molecule has 0 atom stereocenters. The lowest BCUT2D eigenvalue weighted by atomic mass is 10.0. The second-order valence-corrected chi connectivity index (χ2v) is 7.62. The van der Waals surface area contributed by atoms with E-state index in [1.54, 1.807) is 31.4 Å². The minimum atomic E-state index is -0.747. The lowest BCUT2D eigenvalue weighted by Gasteiger charge is -2.11. The Hall–Kier alpha value is -4.72. The number of nitrogens with one attached hydrogen (secondary N) is 2. The molecule has 0 bridgehead atoms. The highest BCUT2D eigenvalue weighted by molar-refractivity contribution is 6.05. The van der Waals surface area contributed by atoms with E-state index >= 15 is 0 Å². The monoisotopic (exact) mass is 469 g/mol. The van der Waals surface area contributed by atoms with Crippen LogP contribution in [0.2, 0.25) is 0 Å². The molecule has 0 aliphatic carbocycles. The van der Waals surface area contributed by atoms with E-state index in [1.807, 2.05) is 42.5 Å². The number of hydrogen-bond acceptors (Lipinski definition) is 6. The number of rotatable bonds is 7. The molecule has 3 amide bonds. The van der Waals surface area contributed by atoms with Crippen molar-refractivity contribution in [2.24, 2.45) is 0 Å². The van der Waals surface area contributed by atoms with E-state index in [9.17, 15) is 14.4 Å². The van der Waals surface area contributed by atoms with Crippen LogP contribution in [0.1, 0.15) is 10.4 Å². The average molecular weight is 469 g/mol. The fourth-order valence-corrected chi connectivity index (χ4v) is 3.58. The first kappa shape index (κ1) is 23.4. The predicted octanol–water partition coefficient (Wildman–Crippen LogP) is 4.23. The lowest BCUT2D eigenvalue weighted by molar-refractivity contribution is -0.123. The molecule has 35 heavy (non-hydrogen) atoms. The first-order chi connectivity index (χ1) is 17.0. The molecule has 8 nitrogen and oxygen atoms in total. The van der Waals surface area contributed by atoms with Gasteiger partial charge in [0, 0.05) is 17.5 Å². The molecular formula is C27H23N3O5. The van der Waals surface area contributed by atoms with Crippen LogP contribution in [0.15, 0.2) is 79.4 Å². The summed E-state index contributed by atoms with van der Waals surface area (Å²) >= 11 is 0. The summed E-state index contributed by atoms with van der Waals surface area (Å²) in [5.41, 5.74) is 2.28. The van der Waals surface area contributed by atoms with Gasteiger partial charge < -0.3 is 14.8 Å². The highest BCUT2D eigenvalue weighted by atomic mass is 16.5. The summed E-state index contributed by atoms with van der Waals surface area (Å²) < 4.78 is 10.5. The van der Waals surface area contributed by atoms with Gasteiger partial charge in [-0.15, -0.1) is 6.58 Å². The number of aromatic nitrogens is 1. The van der Waals surface area contributed by atoms with Gasteiger partial charge in [0.25, 0.3) is 5.91 Å². The number of amides is 3. The molecule has 8 heteroatoms. The van der Waals surface area contributed by atoms with Crippen molar-refractivity contribution in [1.82, 2.24) is 15.6 Å². The van der Waals surface area contributed by atoms with Crippen LogP contribution in [-0.2, 0) is 9.53 Å². The third-order valence-electron chi connectivity index (χ3n) is 5.27. The van der Waals surface area contributed by atoms with Gasteiger partial charge in [-0.2, -0.15) is 0 Å². The molecule has 0 unspecified atom stereocenters. The van der Waals surface area contributed by atoms with E-state index in [0.29, 0.717) is 16.6 Å². The van der Waals surface area contributed by atoms with Gasteiger partial charge in [-0.05, 0) is 41.1 Å². The quantitative estimate of drug-likeness (QED) is 0.310. The number of carbonyl (C=O) groups excluding carboxylic acids is 3. The third-order valence-corrected chi connectivity index (χ3v) is 5.27. The van der Waals surface area contributed by atoms with Gasteiger partial charge in [-0.25, -0.2) is 14.6 Å². The van der Waals surface area contributed by atoms with E-state index in [4.69, 9.17) is 14.5 Å². The van der Waals surface area contributed by atoms with Crippen LogP contribution in [0.3, 0.4) is 0 Å². The number of benzene rings is 3. The Morgan fingerprint density at radius 3 is 2.57 bits per heavy atom. The summed E-state index contributed by atoms with van der Waals surface area (Å²) in [6.45, 7) is 3.07. The van der Waals surface area contributed by atoms with E-state index < -0.39 is 24.5 Å². The maximum absolute atomic E-state index is 12.9. The standard InChI is InChI=1S/C27H23N3O5/c1-3-12-28-27(33)30-25(31)16-35-26(32)22-15-24(29-23-7-5-4-6-21(22)23)19-9-8-18-14-20(34-2)11-10-17(18)13-19/h3-11,13-15H,1,12,16H2,2H3,(H2,28,30,31,33). The Kier molecular flexibility index (Phi) is 7.02. The number of imide groups is 1. The summed E-state index contributed by atoms with van der Waals surface area (Å²) in [4.78, 5) is 41.2. The maximum Gasteiger partial charge on any atom is 0.339 e. The number of urea groups is 1. The summed E-state index contributed by atoms with van der Waals surface area (Å²) in [6.07, 6.45) is 1.47. The van der Waals surface area contributed by atoms with Crippen LogP contribution < -0.4 is 15.4 Å². The van der Waals surface area contributed by atoms with Gasteiger partial charge in [0.15, 0.2) is 6.61 Å². The molecule has 0 saturated carbocycles. The summed E-state index contributed by atoms with van der Waals surface area (Å²) in [5, 5.41) is 7.09. The molecule has 4 rings (SSSR count). The maximum atomic E-state index is 12.9. The number of fused-ring (bicyclic) bond motifs is 2. The number of para-hydroxylation sites is 1. The summed E-state index contributed by atoms with van der Waals surface area (Å²) in [7, 11) is 1.62. The summed E-state index contributed by atoms with van der Waals surface area (Å²) in [5.74, 6) is -0.679. The summed E-state index contributed by atoms with van der Waals surface area (Å²) in [6, 6.07) is 19.8. The molecule has 0 spiro atoms. The third kappa shape index (κ3) is 5.44. The van der Waals surface area contributed by atoms with E-state index in [-0.39, 0.29) is 12.1 Å². The minimum absolute atomic E-state index is 0.201.